The molecule has 9 aromatic carbocycles. The van der Waals surface area contributed by atoms with Gasteiger partial charge in [-0.3, -0.25) is 4.57 Å². The Morgan fingerprint density at radius 2 is 0.924 bits per heavy atom. The molecule has 0 amide bonds. The van der Waals surface area contributed by atoms with Gasteiger partial charge >= 0.3 is 0 Å². The minimum atomic E-state index is 0.465. The molecule has 0 bridgehead atoms. The topological polar surface area (TPSA) is 90.4 Å². The Hall–Kier alpha value is -9.32. The number of fused-ring (bicyclic) bond motifs is 14. The second-order valence-electron chi connectivity index (χ2n) is 16.7. The molecule has 0 aliphatic carbocycles. The molecule has 14 aromatic rings. The van der Waals surface area contributed by atoms with Crippen LogP contribution in [0.1, 0.15) is 5.56 Å². The highest BCUT2D eigenvalue weighted by Gasteiger charge is 2.25. The van der Waals surface area contributed by atoms with Crippen LogP contribution in [0.15, 0.2) is 205 Å². The normalized spacial score (nSPS) is 11.9. The summed E-state index contributed by atoms with van der Waals surface area (Å²) in [6, 6.07) is 71.2. The van der Waals surface area contributed by atoms with Crippen LogP contribution in [0, 0.1) is 11.3 Å². The van der Waals surface area contributed by atoms with E-state index in [0.717, 1.165) is 104 Å². The highest BCUT2D eigenvalue weighted by atomic mass is 16.3. The number of nitriles is 1. The van der Waals surface area contributed by atoms with Gasteiger partial charge in [-0.15, -0.1) is 0 Å². The minimum Gasteiger partial charge on any atom is -0.454 e. The molecule has 0 aliphatic rings. The maximum Gasteiger partial charge on any atom is 0.238 e. The number of hydrogen-bond acceptors (Lipinski definition) is 5. The molecule has 0 radical (unpaired) electrons. The first-order valence-electron chi connectivity index (χ1n) is 21.9. The van der Waals surface area contributed by atoms with Crippen LogP contribution in [0.25, 0.3) is 127 Å². The predicted molar refractivity (Wildman–Crippen MR) is 266 cm³/mol. The Kier molecular flexibility index (Phi) is 7.59. The highest BCUT2D eigenvalue weighted by molar-refractivity contribution is 6.28. The number of para-hydroxylation sites is 5. The zero-order valence-corrected chi connectivity index (χ0v) is 35.1. The molecule has 0 atom stereocenters. The molecule has 0 N–H and O–H groups in total. The molecule has 14 rings (SSSR count). The predicted octanol–water partition coefficient (Wildman–Crippen LogP) is 14.3. The second-order valence-corrected chi connectivity index (χ2v) is 16.7. The van der Waals surface area contributed by atoms with Gasteiger partial charge in [0.2, 0.25) is 5.95 Å². The lowest BCUT2D eigenvalue weighted by molar-refractivity contribution is 0.671. The number of hydrogen-bond donors (Lipinski definition) is 0. The van der Waals surface area contributed by atoms with E-state index in [2.05, 4.69) is 153 Å². The lowest BCUT2D eigenvalue weighted by Crippen LogP contribution is -2.06. The standard InChI is InChI=1S/C58H33N7O/c59-34-37-33-36(57-60-56(35-15-3-1-4-16-35)61-58(62-57)65-49-25-13-7-19-39(49)40-20-8-14-26-50(40)65)27-31-46(37)64-48-24-12-10-21-41(48)43-30-32-51-52(53(43)64)45-29-28-44-42-22-9-11-23-47(42)63(54(44)55(45)66-51)38-17-5-2-6-18-38/h1-33H. The summed E-state index contributed by atoms with van der Waals surface area (Å²) in [5.74, 6) is 1.50. The van der Waals surface area contributed by atoms with E-state index in [1.54, 1.807) is 0 Å². The lowest BCUT2D eigenvalue weighted by atomic mass is 10.1. The van der Waals surface area contributed by atoms with E-state index in [0.29, 0.717) is 28.7 Å². The van der Waals surface area contributed by atoms with Gasteiger partial charge in [-0.05, 0) is 72.8 Å². The van der Waals surface area contributed by atoms with E-state index < -0.39 is 0 Å². The van der Waals surface area contributed by atoms with Crippen LogP contribution in [0.4, 0.5) is 0 Å². The van der Waals surface area contributed by atoms with Crippen LogP contribution in [0.5, 0.6) is 0 Å². The molecule has 306 valence electrons. The van der Waals surface area contributed by atoms with E-state index in [9.17, 15) is 5.26 Å². The summed E-state index contributed by atoms with van der Waals surface area (Å²) in [7, 11) is 0. The van der Waals surface area contributed by atoms with Crippen LogP contribution >= 0.6 is 0 Å². The van der Waals surface area contributed by atoms with Crippen molar-refractivity contribution in [1.82, 2.24) is 28.7 Å². The first-order chi connectivity index (χ1) is 32.7. The SMILES string of the molecule is N#Cc1cc(-c2nc(-c3ccccc3)nc(-n3c4ccccc4c4ccccc43)n2)ccc1-n1c2ccccc2c2ccc3oc4c(ccc5c6ccccc6n(-c6ccccc6)c54)c3c21. The largest absolute Gasteiger partial charge is 0.454 e. The van der Waals surface area contributed by atoms with E-state index in [1.165, 1.54) is 0 Å². The lowest BCUT2D eigenvalue weighted by Gasteiger charge is -2.13. The summed E-state index contributed by atoms with van der Waals surface area (Å²) in [6.07, 6.45) is 0. The van der Waals surface area contributed by atoms with Crippen LogP contribution < -0.4 is 0 Å². The maximum atomic E-state index is 11.1. The smallest absolute Gasteiger partial charge is 0.238 e. The number of benzene rings is 9. The number of nitrogens with zero attached hydrogens (tertiary/aromatic N) is 7. The van der Waals surface area contributed by atoms with Crippen LogP contribution in [-0.4, -0.2) is 28.7 Å². The van der Waals surface area contributed by atoms with Crippen molar-refractivity contribution in [2.75, 3.05) is 0 Å². The average Bonchev–Trinajstić information content (AvgIpc) is 4.13. The quantitative estimate of drug-likeness (QED) is 0.172. The van der Waals surface area contributed by atoms with Gasteiger partial charge in [-0.25, -0.2) is 4.98 Å². The second kappa shape index (κ2) is 13.8. The molecule has 0 unspecified atom stereocenters. The molecule has 0 saturated carbocycles. The van der Waals surface area contributed by atoms with Crippen LogP contribution in [0.3, 0.4) is 0 Å². The van der Waals surface area contributed by atoms with Gasteiger partial charge in [0.25, 0.3) is 0 Å². The maximum absolute atomic E-state index is 11.1. The molecule has 0 spiro atoms. The monoisotopic (exact) mass is 843 g/mol. The van der Waals surface area contributed by atoms with Crippen molar-refractivity contribution in [2.45, 2.75) is 0 Å². The molecular formula is C58H33N7O. The molecule has 0 saturated heterocycles. The third-order valence-electron chi connectivity index (χ3n) is 13.1. The summed E-state index contributed by atoms with van der Waals surface area (Å²) >= 11 is 0. The van der Waals surface area contributed by atoms with E-state index >= 15 is 0 Å². The number of rotatable bonds is 5. The molecule has 8 nitrogen and oxygen atoms in total. The van der Waals surface area contributed by atoms with Crippen molar-refractivity contribution in [1.29, 1.82) is 5.26 Å². The zero-order chi connectivity index (χ0) is 43.5. The van der Waals surface area contributed by atoms with Gasteiger partial charge in [0.1, 0.15) is 11.7 Å². The van der Waals surface area contributed by atoms with Crippen LogP contribution in [-0.2, 0) is 0 Å². The first kappa shape index (κ1) is 36.2. The molecule has 5 aromatic heterocycles. The van der Waals surface area contributed by atoms with Gasteiger partial charge in [-0.1, -0.05) is 127 Å². The number of furan rings is 1. The molecule has 5 heterocycles. The van der Waals surface area contributed by atoms with Gasteiger partial charge in [0.05, 0.1) is 49.7 Å². The Bertz CT molecular complexity index is 4310. The molecule has 8 heteroatoms. The van der Waals surface area contributed by atoms with E-state index in [-0.39, 0.29) is 0 Å². The van der Waals surface area contributed by atoms with E-state index in [1.807, 2.05) is 66.7 Å². The number of aromatic nitrogens is 6. The van der Waals surface area contributed by atoms with Gasteiger partial charge in [0.15, 0.2) is 17.2 Å². The summed E-state index contributed by atoms with van der Waals surface area (Å²) in [6.45, 7) is 0. The van der Waals surface area contributed by atoms with Crippen molar-refractivity contribution < 1.29 is 4.42 Å². The molecule has 0 aliphatic heterocycles. The fourth-order valence-corrected chi connectivity index (χ4v) is 10.3. The van der Waals surface area contributed by atoms with E-state index in [4.69, 9.17) is 19.4 Å². The summed E-state index contributed by atoms with van der Waals surface area (Å²) in [5.41, 5.74) is 11.5. The van der Waals surface area contributed by atoms with Crippen molar-refractivity contribution in [3.63, 3.8) is 0 Å². The van der Waals surface area contributed by atoms with Crippen molar-refractivity contribution in [3.05, 3.63) is 206 Å². The first-order valence-corrected chi connectivity index (χ1v) is 21.9. The van der Waals surface area contributed by atoms with Crippen molar-refractivity contribution in [3.8, 4) is 46.2 Å². The van der Waals surface area contributed by atoms with Crippen LogP contribution in [0.2, 0.25) is 0 Å². The zero-order valence-electron chi connectivity index (χ0n) is 35.1. The van der Waals surface area contributed by atoms with Gasteiger partial charge in [0, 0.05) is 54.5 Å². The van der Waals surface area contributed by atoms with Crippen molar-refractivity contribution >= 4 is 87.4 Å². The minimum absolute atomic E-state index is 0.465. The molecule has 0 fully saturated rings. The fraction of sp³-hybridized carbons (Fsp3) is 0. The average molecular weight is 844 g/mol. The third kappa shape index (κ3) is 5.11. The van der Waals surface area contributed by atoms with Crippen molar-refractivity contribution in [2.24, 2.45) is 0 Å². The summed E-state index contributed by atoms with van der Waals surface area (Å²) in [4.78, 5) is 15.4. The highest BCUT2D eigenvalue weighted by Crippen LogP contribution is 2.45. The third-order valence-corrected chi connectivity index (χ3v) is 13.1. The summed E-state index contributed by atoms with van der Waals surface area (Å²) < 4.78 is 13.7. The molecule has 66 heavy (non-hydrogen) atoms. The van der Waals surface area contributed by atoms with Gasteiger partial charge < -0.3 is 13.6 Å². The Balaban J connectivity index is 1.02. The Labute approximate surface area is 376 Å². The fourth-order valence-electron chi connectivity index (χ4n) is 10.3. The van der Waals surface area contributed by atoms with Gasteiger partial charge in [-0.2, -0.15) is 15.2 Å². The Morgan fingerprint density at radius 3 is 1.58 bits per heavy atom. The Morgan fingerprint density at radius 1 is 0.409 bits per heavy atom. The summed E-state index contributed by atoms with van der Waals surface area (Å²) in [5, 5.41) is 19.8. The molecular weight excluding hydrogens is 811 g/mol.